The van der Waals surface area contributed by atoms with Crippen LogP contribution in [0.15, 0.2) is 18.2 Å². The number of piperidine rings is 1. The molecule has 4 heteroatoms. The number of benzene rings is 1. The van der Waals surface area contributed by atoms with E-state index >= 15 is 0 Å². The van der Waals surface area contributed by atoms with Crippen LogP contribution < -0.4 is 10.2 Å². The molecule has 2 aliphatic heterocycles. The van der Waals surface area contributed by atoms with Gasteiger partial charge >= 0.3 is 0 Å². The lowest BCUT2D eigenvalue weighted by molar-refractivity contribution is 0.346. The minimum atomic E-state index is -0.318. The summed E-state index contributed by atoms with van der Waals surface area (Å²) in [5.41, 5.74) is 1.27. The molecule has 0 spiro atoms. The highest BCUT2D eigenvalue weighted by molar-refractivity contribution is 5.53. The van der Waals surface area contributed by atoms with Gasteiger partial charge in [-0.15, -0.1) is 0 Å². The minimum absolute atomic E-state index is 0.318. The van der Waals surface area contributed by atoms with E-state index in [1.807, 2.05) is 6.07 Å². The molecule has 0 amide bonds. The molecule has 2 aliphatic rings. The summed E-state index contributed by atoms with van der Waals surface area (Å²) in [6.45, 7) is 3.06. The maximum Gasteiger partial charge on any atom is 0.126 e. The molecule has 0 radical (unpaired) electrons. The number of hydrogen-bond acceptors (Lipinski definition) is 3. The Morgan fingerprint density at radius 1 is 1.29 bits per heavy atom. The standard InChI is InChI=1S/C17H22FN3/c1-2-5-21(16-7-12(11-19)6-13(18)8-16)17-9-14-3-4-15(10-17)20-14/h6-8,14-15,17,20H,2-5,9-10H2,1H3. The largest absolute Gasteiger partial charge is 0.368 e. The Bertz CT molecular complexity index is 539. The number of fused-ring (bicyclic) bond motifs is 2. The summed E-state index contributed by atoms with van der Waals surface area (Å²) in [6.07, 6.45) is 5.78. The highest BCUT2D eigenvalue weighted by Gasteiger charge is 2.36. The zero-order chi connectivity index (χ0) is 14.8. The molecule has 0 saturated carbocycles. The molecule has 2 atom stereocenters. The van der Waals surface area contributed by atoms with Crippen molar-refractivity contribution in [2.24, 2.45) is 0 Å². The van der Waals surface area contributed by atoms with Gasteiger partial charge < -0.3 is 10.2 Å². The second-order valence-electron chi connectivity index (χ2n) is 6.27. The molecule has 2 heterocycles. The number of hydrogen-bond donors (Lipinski definition) is 1. The normalized spacial score (nSPS) is 27.4. The minimum Gasteiger partial charge on any atom is -0.368 e. The summed E-state index contributed by atoms with van der Waals surface area (Å²) >= 11 is 0. The number of rotatable bonds is 4. The molecule has 21 heavy (non-hydrogen) atoms. The van der Waals surface area contributed by atoms with Crippen molar-refractivity contribution in [1.82, 2.24) is 5.32 Å². The van der Waals surface area contributed by atoms with Crippen LogP contribution >= 0.6 is 0 Å². The lowest BCUT2D eigenvalue weighted by Crippen LogP contribution is -2.48. The Morgan fingerprint density at radius 2 is 2.00 bits per heavy atom. The predicted molar refractivity (Wildman–Crippen MR) is 81.7 cm³/mol. The third-order valence-corrected chi connectivity index (χ3v) is 4.70. The highest BCUT2D eigenvalue weighted by atomic mass is 19.1. The summed E-state index contributed by atoms with van der Waals surface area (Å²) in [6, 6.07) is 8.43. The van der Waals surface area contributed by atoms with Gasteiger partial charge in [0.1, 0.15) is 5.82 Å². The molecule has 112 valence electrons. The van der Waals surface area contributed by atoms with E-state index in [0.717, 1.165) is 31.5 Å². The van der Waals surface area contributed by atoms with E-state index in [1.165, 1.54) is 18.9 Å². The van der Waals surface area contributed by atoms with Gasteiger partial charge in [-0.1, -0.05) is 6.92 Å². The molecule has 3 rings (SSSR count). The van der Waals surface area contributed by atoms with Crippen molar-refractivity contribution in [3.05, 3.63) is 29.6 Å². The summed E-state index contributed by atoms with van der Waals surface area (Å²) in [5.74, 6) is -0.318. The van der Waals surface area contributed by atoms with Crippen LogP contribution in [0.2, 0.25) is 0 Å². The Balaban J connectivity index is 1.87. The molecule has 3 nitrogen and oxygen atoms in total. The summed E-state index contributed by atoms with van der Waals surface area (Å²) in [7, 11) is 0. The molecule has 2 fully saturated rings. The van der Waals surface area contributed by atoms with E-state index in [9.17, 15) is 4.39 Å². The van der Waals surface area contributed by atoms with E-state index in [0.29, 0.717) is 23.7 Å². The van der Waals surface area contributed by atoms with Crippen molar-refractivity contribution < 1.29 is 4.39 Å². The third kappa shape index (κ3) is 3.03. The monoisotopic (exact) mass is 287 g/mol. The molecule has 1 aromatic carbocycles. The fourth-order valence-corrected chi connectivity index (χ4v) is 3.85. The number of anilines is 1. The zero-order valence-corrected chi connectivity index (χ0v) is 12.5. The van der Waals surface area contributed by atoms with Gasteiger partial charge in [0.25, 0.3) is 0 Å². The average Bonchev–Trinajstić information content (AvgIpc) is 2.82. The Hall–Kier alpha value is -1.60. The molecule has 2 bridgehead atoms. The van der Waals surface area contributed by atoms with Gasteiger partial charge in [-0.2, -0.15) is 5.26 Å². The SMILES string of the molecule is CCCN(c1cc(F)cc(C#N)c1)C1CC2CCC(C1)N2. The van der Waals surface area contributed by atoms with Crippen molar-refractivity contribution >= 4 is 5.69 Å². The van der Waals surface area contributed by atoms with Gasteiger partial charge in [-0.05, 0) is 50.3 Å². The molecule has 1 aromatic rings. The van der Waals surface area contributed by atoms with Crippen LogP contribution in [0.1, 0.15) is 44.6 Å². The Morgan fingerprint density at radius 3 is 2.62 bits per heavy atom. The first-order valence-corrected chi connectivity index (χ1v) is 7.93. The Kier molecular flexibility index (Phi) is 4.12. The van der Waals surface area contributed by atoms with E-state index in [4.69, 9.17) is 5.26 Å². The van der Waals surface area contributed by atoms with E-state index in [-0.39, 0.29) is 5.82 Å². The van der Waals surface area contributed by atoms with Crippen molar-refractivity contribution in [3.8, 4) is 6.07 Å². The highest BCUT2D eigenvalue weighted by Crippen LogP contribution is 2.33. The maximum absolute atomic E-state index is 13.8. The van der Waals surface area contributed by atoms with Crippen molar-refractivity contribution in [2.75, 3.05) is 11.4 Å². The van der Waals surface area contributed by atoms with E-state index in [2.05, 4.69) is 23.2 Å². The smallest absolute Gasteiger partial charge is 0.126 e. The molecule has 0 aliphatic carbocycles. The van der Waals surface area contributed by atoms with Gasteiger partial charge in [0.15, 0.2) is 0 Å². The summed E-state index contributed by atoms with van der Waals surface area (Å²) < 4.78 is 13.8. The van der Waals surface area contributed by atoms with Crippen LogP contribution in [-0.4, -0.2) is 24.7 Å². The molecule has 2 saturated heterocycles. The molecular weight excluding hydrogens is 265 g/mol. The first-order valence-electron chi connectivity index (χ1n) is 7.93. The Labute approximate surface area is 125 Å². The first-order chi connectivity index (χ1) is 10.2. The lowest BCUT2D eigenvalue weighted by Gasteiger charge is -2.39. The molecule has 2 unspecified atom stereocenters. The topological polar surface area (TPSA) is 39.1 Å². The first kappa shape index (κ1) is 14.3. The number of nitrogens with zero attached hydrogens (tertiary/aromatic N) is 2. The summed E-state index contributed by atoms with van der Waals surface area (Å²) in [5, 5.41) is 12.7. The van der Waals surface area contributed by atoms with Gasteiger partial charge in [-0.25, -0.2) is 4.39 Å². The fourth-order valence-electron chi connectivity index (χ4n) is 3.85. The number of nitrogens with one attached hydrogen (secondary N) is 1. The maximum atomic E-state index is 13.8. The van der Waals surface area contributed by atoms with Gasteiger partial charge in [0, 0.05) is 30.4 Å². The van der Waals surface area contributed by atoms with Crippen LogP contribution in [0.5, 0.6) is 0 Å². The van der Waals surface area contributed by atoms with Crippen LogP contribution in [0.3, 0.4) is 0 Å². The van der Waals surface area contributed by atoms with Gasteiger partial charge in [0.2, 0.25) is 0 Å². The van der Waals surface area contributed by atoms with E-state index in [1.54, 1.807) is 6.07 Å². The van der Waals surface area contributed by atoms with Gasteiger partial charge in [-0.3, -0.25) is 0 Å². The summed E-state index contributed by atoms with van der Waals surface area (Å²) in [4.78, 5) is 2.32. The molecular formula is C17H22FN3. The van der Waals surface area contributed by atoms with Gasteiger partial charge in [0.05, 0.1) is 11.6 Å². The van der Waals surface area contributed by atoms with Crippen molar-refractivity contribution in [2.45, 2.75) is 57.2 Å². The molecule has 0 aromatic heterocycles. The molecule has 1 N–H and O–H groups in total. The average molecular weight is 287 g/mol. The van der Waals surface area contributed by atoms with Crippen molar-refractivity contribution in [3.63, 3.8) is 0 Å². The van der Waals surface area contributed by atoms with Crippen LogP contribution in [0, 0.1) is 17.1 Å². The predicted octanol–water partition coefficient (Wildman–Crippen LogP) is 3.20. The van der Waals surface area contributed by atoms with Crippen LogP contribution in [0.4, 0.5) is 10.1 Å². The zero-order valence-electron chi connectivity index (χ0n) is 12.5. The quantitative estimate of drug-likeness (QED) is 0.924. The number of halogens is 1. The number of nitriles is 1. The van der Waals surface area contributed by atoms with E-state index < -0.39 is 0 Å². The second kappa shape index (κ2) is 6.03. The second-order valence-corrected chi connectivity index (χ2v) is 6.27. The third-order valence-electron chi connectivity index (χ3n) is 4.70. The lowest BCUT2D eigenvalue weighted by atomic mass is 9.97. The van der Waals surface area contributed by atoms with Crippen molar-refractivity contribution in [1.29, 1.82) is 5.26 Å². The fraction of sp³-hybridized carbons (Fsp3) is 0.588. The van der Waals surface area contributed by atoms with Crippen LogP contribution in [-0.2, 0) is 0 Å². The van der Waals surface area contributed by atoms with Crippen LogP contribution in [0.25, 0.3) is 0 Å².